The highest BCUT2D eigenvalue weighted by atomic mass is 16.6. The zero-order valence-corrected chi connectivity index (χ0v) is 17.1. The minimum atomic E-state index is -0.526. The first-order chi connectivity index (χ1) is 12.7. The zero-order valence-electron chi connectivity index (χ0n) is 17.1. The number of nitrogens with zero attached hydrogens (tertiary/aromatic N) is 1. The van der Waals surface area contributed by atoms with Gasteiger partial charge in [0.2, 0.25) is 0 Å². The number of ether oxygens (including phenoxy) is 2. The van der Waals surface area contributed by atoms with Gasteiger partial charge in [-0.15, -0.1) is 0 Å². The Morgan fingerprint density at radius 2 is 2.04 bits per heavy atom. The van der Waals surface area contributed by atoms with Crippen molar-refractivity contribution in [3.05, 3.63) is 29.3 Å². The summed E-state index contributed by atoms with van der Waals surface area (Å²) >= 11 is 0. The molecule has 1 aliphatic rings. The Morgan fingerprint density at radius 3 is 2.67 bits per heavy atom. The Bertz CT molecular complexity index is 667. The number of esters is 2. The molecule has 0 spiro atoms. The molecule has 1 aromatic rings. The lowest BCUT2D eigenvalue weighted by Crippen LogP contribution is -2.56. The number of aryl methyl sites for hydroxylation is 1. The number of anilines is 1. The number of carbonyl (C=O) groups is 2. The van der Waals surface area contributed by atoms with Crippen molar-refractivity contribution in [3.8, 4) is 0 Å². The van der Waals surface area contributed by atoms with E-state index in [0.717, 1.165) is 30.6 Å². The van der Waals surface area contributed by atoms with E-state index in [1.165, 1.54) is 0 Å². The molecule has 1 fully saturated rings. The molecule has 0 bridgehead atoms. The van der Waals surface area contributed by atoms with Crippen LogP contribution in [0.15, 0.2) is 18.2 Å². The van der Waals surface area contributed by atoms with E-state index in [-0.39, 0.29) is 18.0 Å². The third-order valence-electron chi connectivity index (χ3n) is 4.40. The summed E-state index contributed by atoms with van der Waals surface area (Å²) in [5.41, 5.74) is 1.89. The molecular formula is C21H32N2O4. The molecule has 0 aliphatic carbocycles. The van der Waals surface area contributed by atoms with Crippen molar-refractivity contribution in [1.82, 2.24) is 5.32 Å². The molecule has 6 heteroatoms. The standard InChI is InChI=1S/C21H32N2O4/c1-6-7-12-26-19(24)16-8-9-17(15(2)13-16)23-11-10-22-14-18(23)20(25)27-21(3,4)5/h8-9,13,18,22H,6-7,10-12,14H2,1-5H3. The number of hydrogen-bond acceptors (Lipinski definition) is 6. The summed E-state index contributed by atoms with van der Waals surface area (Å²) in [6, 6.07) is 5.11. The van der Waals surface area contributed by atoms with Gasteiger partial charge in [-0.1, -0.05) is 13.3 Å². The summed E-state index contributed by atoms with van der Waals surface area (Å²) in [4.78, 5) is 26.9. The molecule has 0 amide bonds. The number of benzene rings is 1. The molecule has 150 valence electrons. The molecular weight excluding hydrogens is 344 g/mol. The Kier molecular flexibility index (Phi) is 7.25. The van der Waals surface area contributed by atoms with Crippen LogP contribution in [0.1, 0.15) is 56.5 Å². The molecule has 2 rings (SSSR count). The molecule has 27 heavy (non-hydrogen) atoms. The van der Waals surface area contributed by atoms with Gasteiger partial charge in [0.15, 0.2) is 0 Å². The van der Waals surface area contributed by atoms with E-state index in [9.17, 15) is 9.59 Å². The summed E-state index contributed by atoms with van der Waals surface area (Å²) < 4.78 is 10.9. The lowest BCUT2D eigenvalue weighted by atomic mass is 10.1. The highest BCUT2D eigenvalue weighted by Gasteiger charge is 2.33. The minimum absolute atomic E-state index is 0.239. The van der Waals surface area contributed by atoms with Gasteiger partial charge in [-0.2, -0.15) is 0 Å². The smallest absolute Gasteiger partial charge is 0.338 e. The Morgan fingerprint density at radius 1 is 1.30 bits per heavy atom. The zero-order chi connectivity index (χ0) is 20.0. The average molecular weight is 376 g/mol. The van der Waals surface area contributed by atoms with E-state index in [0.29, 0.717) is 25.3 Å². The van der Waals surface area contributed by atoms with Gasteiger partial charge in [-0.05, 0) is 57.9 Å². The van der Waals surface area contributed by atoms with Crippen molar-refractivity contribution in [2.75, 3.05) is 31.1 Å². The first-order valence-electron chi connectivity index (χ1n) is 9.71. The van der Waals surface area contributed by atoms with Gasteiger partial charge in [0.25, 0.3) is 0 Å². The molecule has 1 unspecified atom stereocenters. The second-order valence-electron chi connectivity index (χ2n) is 7.94. The number of piperazine rings is 1. The summed E-state index contributed by atoms with van der Waals surface area (Å²) in [7, 11) is 0. The molecule has 0 saturated carbocycles. The Hall–Kier alpha value is -2.08. The minimum Gasteiger partial charge on any atom is -0.462 e. The molecule has 1 heterocycles. The highest BCUT2D eigenvalue weighted by molar-refractivity contribution is 5.90. The summed E-state index contributed by atoms with van der Waals surface area (Å²) in [5, 5.41) is 3.26. The van der Waals surface area contributed by atoms with Crippen LogP contribution in [0.5, 0.6) is 0 Å². The third-order valence-corrected chi connectivity index (χ3v) is 4.40. The van der Waals surface area contributed by atoms with Crippen LogP contribution in [-0.4, -0.2) is 49.8 Å². The van der Waals surface area contributed by atoms with Crippen LogP contribution in [0.4, 0.5) is 5.69 Å². The molecule has 1 atom stereocenters. The molecule has 6 nitrogen and oxygen atoms in total. The topological polar surface area (TPSA) is 67.9 Å². The lowest BCUT2D eigenvalue weighted by Gasteiger charge is -2.38. The van der Waals surface area contributed by atoms with Crippen molar-refractivity contribution < 1.29 is 19.1 Å². The van der Waals surface area contributed by atoms with E-state index in [1.54, 1.807) is 6.07 Å². The maximum Gasteiger partial charge on any atom is 0.338 e. The van der Waals surface area contributed by atoms with Crippen LogP contribution < -0.4 is 10.2 Å². The molecule has 0 aromatic heterocycles. The van der Waals surface area contributed by atoms with Gasteiger partial charge in [0, 0.05) is 25.3 Å². The Labute approximate surface area is 162 Å². The van der Waals surface area contributed by atoms with Gasteiger partial charge < -0.3 is 19.7 Å². The predicted octanol–water partition coefficient (Wildman–Crippen LogP) is 3.07. The highest BCUT2D eigenvalue weighted by Crippen LogP contribution is 2.26. The van der Waals surface area contributed by atoms with Gasteiger partial charge in [0.05, 0.1) is 12.2 Å². The monoisotopic (exact) mass is 376 g/mol. The first-order valence-corrected chi connectivity index (χ1v) is 9.71. The maximum absolute atomic E-state index is 12.7. The summed E-state index contributed by atoms with van der Waals surface area (Å²) in [6.07, 6.45) is 1.85. The van der Waals surface area contributed by atoms with Crippen molar-refractivity contribution in [1.29, 1.82) is 0 Å². The fourth-order valence-corrected chi connectivity index (χ4v) is 3.07. The fourth-order valence-electron chi connectivity index (χ4n) is 3.07. The second-order valence-corrected chi connectivity index (χ2v) is 7.94. The summed E-state index contributed by atoms with van der Waals surface area (Å²) in [5.74, 6) is -0.542. The van der Waals surface area contributed by atoms with Crippen LogP contribution in [0, 0.1) is 6.92 Å². The Balaban J connectivity index is 2.17. The van der Waals surface area contributed by atoms with E-state index in [1.807, 2.05) is 39.8 Å². The van der Waals surface area contributed by atoms with Crippen molar-refractivity contribution in [2.45, 2.75) is 59.1 Å². The van der Waals surface area contributed by atoms with Gasteiger partial charge in [0.1, 0.15) is 11.6 Å². The number of rotatable bonds is 6. The molecule has 1 aliphatic heterocycles. The lowest BCUT2D eigenvalue weighted by molar-refractivity contribution is -0.156. The van der Waals surface area contributed by atoms with Crippen LogP contribution >= 0.6 is 0 Å². The molecule has 1 aromatic carbocycles. The van der Waals surface area contributed by atoms with Gasteiger partial charge >= 0.3 is 11.9 Å². The van der Waals surface area contributed by atoms with E-state index < -0.39 is 5.60 Å². The van der Waals surface area contributed by atoms with E-state index in [2.05, 4.69) is 17.1 Å². The normalized spacial score (nSPS) is 17.5. The largest absolute Gasteiger partial charge is 0.462 e. The maximum atomic E-state index is 12.7. The van der Waals surface area contributed by atoms with E-state index in [4.69, 9.17) is 9.47 Å². The third kappa shape index (κ3) is 5.96. The van der Waals surface area contributed by atoms with Crippen molar-refractivity contribution in [3.63, 3.8) is 0 Å². The first kappa shape index (κ1) is 21.2. The van der Waals surface area contributed by atoms with Crippen molar-refractivity contribution in [2.24, 2.45) is 0 Å². The number of carbonyl (C=O) groups excluding carboxylic acids is 2. The number of hydrogen-bond donors (Lipinski definition) is 1. The SMILES string of the molecule is CCCCOC(=O)c1ccc(N2CCNCC2C(=O)OC(C)(C)C)c(C)c1. The molecule has 0 radical (unpaired) electrons. The van der Waals surface area contributed by atoms with Crippen LogP contribution in [-0.2, 0) is 14.3 Å². The van der Waals surface area contributed by atoms with Crippen LogP contribution in [0.3, 0.4) is 0 Å². The number of nitrogens with one attached hydrogen (secondary N) is 1. The molecule has 1 N–H and O–H groups in total. The van der Waals surface area contributed by atoms with Crippen LogP contribution in [0.2, 0.25) is 0 Å². The average Bonchev–Trinajstić information content (AvgIpc) is 2.60. The fraction of sp³-hybridized carbons (Fsp3) is 0.619. The summed E-state index contributed by atoms with van der Waals surface area (Å²) in [6.45, 7) is 12.1. The van der Waals surface area contributed by atoms with Crippen molar-refractivity contribution >= 4 is 17.6 Å². The van der Waals surface area contributed by atoms with Gasteiger partial charge in [-0.25, -0.2) is 9.59 Å². The second kappa shape index (κ2) is 9.22. The molecule has 1 saturated heterocycles. The quantitative estimate of drug-likeness (QED) is 0.608. The van der Waals surface area contributed by atoms with Gasteiger partial charge in [-0.3, -0.25) is 0 Å². The predicted molar refractivity (Wildman–Crippen MR) is 106 cm³/mol. The number of unbranched alkanes of at least 4 members (excludes halogenated alkanes) is 1. The van der Waals surface area contributed by atoms with E-state index >= 15 is 0 Å². The van der Waals surface area contributed by atoms with Crippen LogP contribution in [0.25, 0.3) is 0 Å².